The first-order valence-corrected chi connectivity index (χ1v) is 10.9. The molecule has 0 aromatic rings. The van der Waals surface area contributed by atoms with Gasteiger partial charge < -0.3 is 9.47 Å². The van der Waals surface area contributed by atoms with E-state index in [1.165, 1.54) is 12.8 Å². The van der Waals surface area contributed by atoms with E-state index in [2.05, 4.69) is 6.92 Å². The predicted octanol–water partition coefficient (Wildman–Crippen LogP) is 5.04. The summed E-state index contributed by atoms with van der Waals surface area (Å²) in [6, 6.07) is 0. The molecule has 0 radical (unpaired) electrons. The Balaban J connectivity index is 1.33. The third-order valence-corrected chi connectivity index (χ3v) is 6.92. The second kappa shape index (κ2) is 9.23. The first-order valence-electron chi connectivity index (χ1n) is 10.9. The van der Waals surface area contributed by atoms with Crippen LogP contribution in [0.4, 0.5) is 0 Å². The molecule has 3 fully saturated rings. The molecule has 2 saturated carbocycles. The molecule has 0 aromatic heterocycles. The van der Waals surface area contributed by atoms with Crippen LogP contribution in [-0.2, 0) is 19.1 Å². The van der Waals surface area contributed by atoms with Gasteiger partial charge in [-0.3, -0.25) is 9.59 Å². The minimum Gasteiger partial charge on any atom is -0.462 e. The van der Waals surface area contributed by atoms with Gasteiger partial charge in [0.05, 0.1) is 17.9 Å². The zero-order chi connectivity index (χ0) is 18.5. The molecule has 0 spiro atoms. The first-order chi connectivity index (χ1) is 12.5. The van der Waals surface area contributed by atoms with E-state index in [1.807, 2.05) is 6.92 Å². The molecule has 0 N–H and O–H groups in total. The summed E-state index contributed by atoms with van der Waals surface area (Å²) < 4.78 is 11.2. The van der Waals surface area contributed by atoms with E-state index in [0.29, 0.717) is 5.92 Å². The van der Waals surface area contributed by atoms with Crippen LogP contribution in [0.3, 0.4) is 0 Å². The number of ether oxygens (including phenoxy) is 2. The van der Waals surface area contributed by atoms with E-state index in [4.69, 9.17) is 9.47 Å². The molecule has 2 unspecified atom stereocenters. The second-order valence-corrected chi connectivity index (χ2v) is 9.14. The maximum atomic E-state index is 12.5. The Kier molecular flexibility index (Phi) is 6.99. The van der Waals surface area contributed by atoms with Gasteiger partial charge in [-0.15, -0.1) is 0 Å². The van der Waals surface area contributed by atoms with Crippen molar-refractivity contribution >= 4 is 11.9 Å². The number of carbonyl (C=O) groups excluding carboxylic acids is 2. The van der Waals surface area contributed by atoms with Crippen molar-refractivity contribution in [2.75, 3.05) is 0 Å². The fourth-order valence-electron chi connectivity index (χ4n) is 4.90. The number of cyclic esters (lactones) is 1. The summed E-state index contributed by atoms with van der Waals surface area (Å²) in [6.07, 6.45) is 12.8. The molecule has 4 heteroatoms. The minimum atomic E-state index is 0.00261. The number of hydrogen-bond donors (Lipinski definition) is 0. The molecule has 4 nitrogen and oxygen atoms in total. The van der Waals surface area contributed by atoms with Gasteiger partial charge in [-0.05, 0) is 95.8 Å². The number of hydrogen-bond acceptors (Lipinski definition) is 4. The number of rotatable bonds is 5. The van der Waals surface area contributed by atoms with Crippen LogP contribution in [0.25, 0.3) is 0 Å². The summed E-state index contributed by atoms with van der Waals surface area (Å²) in [5.41, 5.74) is 0. The van der Waals surface area contributed by atoms with Crippen LogP contribution >= 0.6 is 0 Å². The van der Waals surface area contributed by atoms with Crippen molar-refractivity contribution in [3.05, 3.63) is 0 Å². The second-order valence-electron chi connectivity index (χ2n) is 9.14. The minimum absolute atomic E-state index is 0.00261. The standard InChI is InChI=1S/C22H36O4/c1-15-3-13-20(14-4-15)26-22(24)19-11-7-17(8-12-19)6-10-18-9-5-16(2)25-21(18)23/h15-20H,3-14H2,1-2H3. The Bertz CT molecular complexity index is 473. The molecule has 3 aliphatic rings. The van der Waals surface area contributed by atoms with Gasteiger partial charge in [-0.1, -0.05) is 6.92 Å². The van der Waals surface area contributed by atoms with Gasteiger partial charge >= 0.3 is 11.9 Å². The van der Waals surface area contributed by atoms with E-state index in [1.54, 1.807) is 0 Å². The van der Waals surface area contributed by atoms with Gasteiger partial charge in [0.15, 0.2) is 0 Å². The highest BCUT2D eigenvalue weighted by atomic mass is 16.5. The van der Waals surface area contributed by atoms with Gasteiger partial charge in [0.1, 0.15) is 6.10 Å². The fraction of sp³-hybridized carbons (Fsp3) is 0.909. The van der Waals surface area contributed by atoms with Gasteiger partial charge in [-0.2, -0.15) is 0 Å². The fourth-order valence-corrected chi connectivity index (χ4v) is 4.90. The Morgan fingerprint density at radius 2 is 1.62 bits per heavy atom. The average molecular weight is 365 g/mol. The lowest BCUT2D eigenvalue weighted by Gasteiger charge is -2.31. The van der Waals surface area contributed by atoms with E-state index in [0.717, 1.165) is 70.1 Å². The first kappa shape index (κ1) is 19.7. The van der Waals surface area contributed by atoms with Crippen LogP contribution in [-0.4, -0.2) is 24.1 Å². The Morgan fingerprint density at radius 1 is 0.923 bits per heavy atom. The highest BCUT2D eigenvalue weighted by Gasteiger charge is 2.32. The molecule has 3 rings (SSSR count). The van der Waals surface area contributed by atoms with Crippen LogP contribution in [0.5, 0.6) is 0 Å². The molecular weight excluding hydrogens is 328 g/mol. The van der Waals surface area contributed by atoms with Gasteiger partial charge in [0, 0.05) is 0 Å². The molecule has 1 saturated heterocycles. The van der Waals surface area contributed by atoms with Gasteiger partial charge in [0.25, 0.3) is 0 Å². The lowest BCUT2D eigenvalue weighted by atomic mass is 9.78. The van der Waals surface area contributed by atoms with E-state index in [9.17, 15) is 9.59 Å². The smallest absolute Gasteiger partial charge is 0.309 e. The summed E-state index contributed by atoms with van der Waals surface area (Å²) in [7, 11) is 0. The number of esters is 2. The maximum absolute atomic E-state index is 12.5. The quantitative estimate of drug-likeness (QED) is 0.642. The molecule has 2 atom stereocenters. The van der Waals surface area contributed by atoms with Gasteiger partial charge in [-0.25, -0.2) is 0 Å². The molecule has 26 heavy (non-hydrogen) atoms. The van der Waals surface area contributed by atoms with Crippen LogP contribution in [0.15, 0.2) is 0 Å². The van der Waals surface area contributed by atoms with Crippen molar-refractivity contribution in [3.63, 3.8) is 0 Å². The number of carbonyl (C=O) groups is 2. The van der Waals surface area contributed by atoms with Gasteiger partial charge in [0.2, 0.25) is 0 Å². The van der Waals surface area contributed by atoms with Crippen molar-refractivity contribution < 1.29 is 19.1 Å². The Labute approximate surface area is 158 Å². The largest absolute Gasteiger partial charge is 0.462 e. The van der Waals surface area contributed by atoms with Crippen LogP contribution in [0, 0.1) is 23.7 Å². The lowest BCUT2D eigenvalue weighted by molar-refractivity contribution is -0.159. The zero-order valence-corrected chi connectivity index (χ0v) is 16.6. The summed E-state index contributed by atoms with van der Waals surface area (Å²) in [5.74, 6) is 1.69. The molecule has 2 aliphatic carbocycles. The molecule has 0 amide bonds. The summed E-state index contributed by atoms with van der Waals surface area (Å²) >= 11 is 0. The Morgan fingerprint density at radius 3 is 2.27 bits per heavy atom. The lowest BCUT2D eigenvalue weighted by Crippen LogP contribution is -2.31. The van der Waals surface area contributed by atoms with E-state index < -0.39 is 0 Å². The van der Waals surface area contributed by atoms with Crippen LogP contribution < -0.4 is 0 Å². The molecule has 148 valence electrons. The third-order valence-electron chi connectivity index (χ3n) is 6.92. The summed E-state index contributed by atoms with van der Waals surface area (Å²) in [5, 5.41) is 0. The summed E-state index contributed by atoms with van der Waals surface area (Å²) in [6.45, 7) is 4.26. The summed E-state index contributed by atoms with van der Waals surface area (Å²) in [4.78, 5) is 24.4. The van der Waals surface area contributed by atoms with E-state index >= 15 is 0 Å². The molecular formula is C22H36O4. The molecule has 1 aliphatic heterocycles. The highest BCUT2D eigenvalue weighted by Crippen LogP contribution is 2.35. The average Bonchev–Trinajstić information content (AvgIpc) is 2.63. The van der Waals surface area contributed by atoms with Crippen molar-refractivity contribution in [1.82, 2.24) is 0 Å². The molecule has 0 aromatic carbocycles. The highest BCUT2D eigenvalue weighted by molar-refractivity contribution is 5.73. The predicted molar refractivity (Wildman–Crippen MR) is 100 cm³/mol. The molecule has 0 bridgehead atoms. The third kappa shape index (κ3) is 5.47. The topological polar surface area (TPSA) is 52.6 Å². The van der Waals surface area contributed by atoms with Crippen molar-refractivity contribution in [3.8, 4) is 0 Å². The van der Waals surface area contributed by atoms with Crippen molar-refractivity contribution in [1.29, 1.82) is 0 Å². The SMILES string of the molecule is CC1CCC(OC(=O)C2CCC(CCC3CCC(C)OC3=O)CC2)CC1. The normalized spacial score (nSPS) is 38.5. The monoisotopic (exact) mass is 364 g/mol. The van der Waals surface area contributed by atoms with Crippen molar-refractivity contribution in [2.24, 2.45) is 23.7 Å². The zero-order valence-electron chi connectivity index (χ0n) is 16.6. The van der Waals surface area contributed by atoms with Crippen molar-refractivity contribution in [2.45, 2.75) is 103 Å². The van der Waals surface area contributed by atoms with E-state index in [-0.39, 0.29) is 36.0 Å². The Hall–Kier alpha value is -1.06. The molecule has 1 heterocycles. The maximum Gasteiger partial charge on any atom is 0.309 e. The van der Waals surface area contributed by atoms with Crippen LogP contribution in [0.2, 0.25) is 0 Å². The van der Waals surface area contributed by atoms with Crippen LogP contribution in [0.1, 0.15) is 90.9 Å².